The van der Waals surface area contributed by atoms with Gasteiger partial charge in [-0.15, -0.1) is 6.42 Å². The van der Waals surface area contributed by atoms with Crippen LogP contribution in [0.15, 0.2) is 6.33 Å². The highest BCUT2D eigenvalue weighted by atomic mass is 28.3. The van der Waals surface area contributed by atoms with Crippen LogP contribution in [0.25, 0.3) is 0 Å². The van der Waals surface area contributed by atoms with Crippen molar-refractivity contribution in [2.75, 3.05) is 0 Å². The van der Waals surface area contributed by atoms with Gasteiger partial charge in [-0.2, -0.15) is 0 Å². The maximum absolute atomic E-state index is 5.17. The molecule has 0 saturated carbocycles. The van der Waals surface area contributed by atoms with Crippen molar-refractivity contribution in [1.82, 2.24) is 15.0 Å². The van der Waals surface area contributed by atoms with Crippen LogP contribution in [0.2, 0.25) is 19.6 Å². The lowest BCUT2D eigenvalue weighted by molar-refractivity contribution is 1.05. The molecule has 1 aromatic heterocycles. The molecule has 0 amide bonds. The monoisotopic (exact) mass is 177 g/mol. The third kappa shape index (κ3) is 1.89. The molecule has 0 bridgehead atoms. The maximum atomic E-state index is 5.17. The van der Waals surface area contributed by atoms with Gasteiger partial charge in [-0.05, 0) is 5.92 Å². The van der Waals surface area contributed by atoms with Gasteiger partial charge < -0.3 is 0 Å². The minimum atomic E-state index is -1.44. The molecular formula is C8H11N3Si. The van der Waals surface area contributed by atoms with Crippen LogP contribution in [0.4, 0.5) is 0 Å². The number of hydrogen-bond donors (Lipinski definition) is 0. The lowest BCUT2D eigenvalue weighted by Gasteiger charge is -2.12. The normalized spacial score (nSPS) is 10.8. The van der Waals surface area contributed by atoms with Gasteiger partial charge in [0.05, 0.1) is 0 Å². The van der Waals surface area contributed by atoms with Crippen LogP contribution >= 0.6 is 0 Å². The molecule has 12 heavy (non-hydrogen) atoms. The average Bonchev–Trinajstić information content (AvgIpc) is 2.03. The molecule has 0 radical (unpaired) electrons. The van der Waals surface area contributed by atoms with Gasteiger partial charge in [-0.3, -0.25) is 0 Å². The van der Waals surface area contributed by atoms with Gasteiger partial charge in [0, 0.05) is 0 Å². The minimum absolute atomic E-state index is 0.433. The van der Waals surface area contributed by atoms with Gasteiger partial charge in [0.15, 0.2) is 0 Å². The molecule has 0 N–H and O–H groups in total. The fourth-order valence-electron chi connectivity index (χ4n) is 0.727. The summed E-state index contributed by atoms with van der Waals surface area (Å²) in [4.78, 5) is 12.1. The summed E-state index contributed by atoms with van der Waals surface area (Å²) in [6, 6.07) is 0. The summed E-state index contributed by atoms with van der Waals surface area (Å²) in [6.07, 6.45) is 6.66. The number of rotatable bonds is 1. The van der Waals surface area contributed by atoms with Gasteiger partial charge in [0.2, 0.25) is 5.82 Å². The number of aromatic nitrogens is 3. The largest absolute Gasteiger partial charge is 0.227 e. The lowest BCUT2D eigenvalue weighted by atomic mass is 10.6. The maximum Gasteiger partial charge on any atom is 0.207 e. The van der Waals surface area contributed by atoms with Crippen molar-refractivity contribution in [3.63, 3.8) is 0 Å². The first kappa shape index (κ1) is 8.88. The summed E-state index contributed by atoms with van der Waals surface area (Å²) >= 11 is 0. The third-order valence-electron chi connectivity index (χ3n) is 1.37. The summed E-state index contributed by atoms with van der Waals surface area (Å²) in [5, 5.41) is 0. The molecule has 1 rings (SSSR count). The van der Waals surface area contributed by atoms with Crippen LogP contribution in [-0.4, -0.2) is 23.0 Å². The van der Waals surface area contributed by atoms with Crippen LogP contribution in [0, 0.1) is 12.3 Å². The second kappa shape index (κ2) is 3.03. The Kier molecular flexibility index (Phi) is 2.24. The second-order valence-corrected chi connectivity index (χ2v) is 8.47. The molecule has 3 nitrogen and oxygen atoms in total. The Balaban J connectivity index is 3.13. The minimum Gasteiger partial charge on any atom is -0.227 e. The third-order valence-corrected chi connectivity index (χ3v) is 2.95. The van der Waals surface area contributed by atoms with E-state index in [0.717, 1.165) is 5.45 Å². The summed E-state index contributed by atoms with van der Waals surface area (Å²) in [6.45, 7) is 6.51. The Morgan fingerprint density at radius 3 is 2.50 bits per heavy atom. The first-order valence-corrected chi connectivity index (χ1v) is 7.20. The van der Waals surface area contributed by atoms with E-state index < -0.39 is 8.07 Å². The molecule has 0 spiro atoms. The molecule has 4 heteroatoms. The topological polar surface area (TPSA) is 38.7 Å². The first-order valence-electron chi connectivity index (χ1n) is 3.70. The highest BCUT2D eigenvalue weighted by molar-refractivity contribution is 6.87. The Morgan fingerprint density at radius 1 is 1.33 bits per heavy atom. The predicted molar refractivity (Wildman–Crippen MR) is 50.7 cm³/mol. The van der Waals surface area contributed by atoms with E-state index in [1.54, 1.807) is 0 Å². The van der Waals surface area contributed by atoms with E-state index in [-0.39, 0.29) is 0 Å². The van der Waals surface area contributed by atoms with E-state index in [1.165, 1.54) is 6.33 Å². The van der Waals surface area contributed by atoms with Crippen molar-refractivity contribution in [2.24, 2.45) is 0 Å². The van der Waals surface area contributed by atoms with Crippen LogP contribution in [0.1, 0.15) is 5.82 Å². The highest BCUT2D eigenvalue weighted by Crippen LogP contribution is 1.96. The van der Waals surface area contributed by atoms with Crippen LogP contribution in [0.3, 0.4) is 0 Å². The molecule has 0 aliphatic heterocycles. The summed E-state index contributed by atoms with van der Waals surface area (Å²) in [5.41, 5.74) is 0.866. The molecule has 1 heterocycles. The summed E-state index contributed by atoms with van der Waals surface area (Å²) in [5.74, 6) is 2.83. The van der Waals surface area contributed by atoms with Gasteiger partial charge in [-0.1, -0.05) is 19.6 Å². The van der Waals surface area contributed by atoms with Crippen molar-refractivity contribution in [2.45, 2.75) is 19.6 Å². The Morgan fingerprint density at radius 2 is 2.00 bits per heavy atom. The smallest absolute Gasteiger partial charge is 0.207 e. The van der Waals surface area contributed by atoms with E-state index in [1.807, 2.05) is 0 Å². The predicted octanol–water partition coefficient (Wildman–Crippen LogP) is 0.398. The number of hydrogen-bond acceptors (Lipinski definition) is 3. The van der Waals surface area contributed by atoms with Crippen LogP contribution in [0.5, 0.6) is 0 Å². The molecule has 0 atom stereocenters. The molecule has 0 fully saturated rings. The van der Waals surface area contributed by atoms with Crippen molar-refractivity contribution in [3.05, 3.63) is 12.2 Å². The summed E-state index contributed by atoms with van der Waals surface area (Å²) in [7, 11) is -1.44. The number of terminal acetylenes is 1. The highest BCUT2D eigenvalue weighted by Gasteiger charge is 2.20. The molecule has 0 aliphatic rings. The average molecular weight is 177 g/mol. The van der Waals surface area contributed by atoms with E-state index >= 15 is 0 Å². The Bertz CT molecular complexity index is 322. The number of nitrogens with zero attached hydrogens (tertiary/aromatic N) is 3. The Labute approximate surface area is 73.3 Å². The molecular weight excluding hydrogens is 166 g/mol. The van der Waals surface area contributed by atoms with Crippen molar-refractivity contribution in [3.8, 4) is 12.3 Å². The SMILES string of the molecule is C#Cc1ncnc([Si](C)(C)C)n1. The fraction of sp³-hybridized carbons (Fsp3) is 0.375. The van der Waals surface area contributed by atoms with Crippen LogP contribution < -0.4 is 5.45 Å². The van der Waals surface area contributed by atoms with Crippen molar-refractivity contribution >= 4 is 13.5 Å². The van der Waals surface area contributed by atoms with Crippen molar-refractivity contribution in [1.29, 1.82) is 0 Å². The van der Waals surface area contributed by atoms with Gasteiger partial charge in [0.1, 0.15) is 19.8 Å². The van der Waals surface area contributed by atoms with Crippen molar-refractivity contribution < 1.29 is 0 Å². The molecule has 0 aromatic carbocycles. The second-order valence-electron chi connectivity index (χ2n) is 3.53. The van der Waals surface area contributed by atoms with Crippen LogP contribution in [-0.2, 0) is 0 Å². The van der Waals surface area contributed by atoms with Gasteiger partial charge in [0.25, 0.3) is 0 Å². The molecule has 0 aliphatic carbocycles. The lowest BCUT2D eigenvalue weighted by Crippen LogP contribution is -2.42. The van der Waals surface area contributed by atoms with E-state index in [2.05, 4.69) is 40.5 Å². The standard InChI is InChI=1S/C8H11N3Si/c1-5-7-9-6-10-8(11-7)12(2,3)4/h1,6H,2-4H3. The van der Waals surface area contributed by atoms with E-state index in [0.29, 0.717) is 5.82 Å². The zero-order chi connectivity index (χ0) is 9.19. The van der Waals surface area contributed by atoms with E-state index in [4.69, 9.17) is 6.42 Å². The van der Waals surface area contributed by atoms with Gasteiger partial charge in [-0.25, -0.2) is 15.0 Å². The molecule has 1 aromatic rings. The summed E-state index contributed by atoms with van der Waals surface area (Å²) < 4.78 is 0. The first-order chi connectivity index (χ1) is 5.54. The molecule has 0 saturated heterocycles. The molecule has 0 unspecified atom stereocenters. The zero-order valence-corrected chi connectivity index (χ0v) is 8.50. The van der Waals surface area contributed by atoms with Gasteiger partial charge >= 0.3 is 0 Å². The Hall–Kier alpha value is -1.21. The molecule has 62 valence electrons. The zero-order valence-electron chi connectivity index (χ0n) is 7.50. The quantitative estimate of drug-likeness (QED) is 0.460. The fourth-order valence-corrected chi connectivity index (χ4v) is 1.61. The van der Waals surface area contributed by atoms with E-state index in [9.17, 15) is 0 Å².